The zero-order chi connectivity index (χ0) is 16.4. The summed E-state index contributed by atoms with van der Waals surface area (Å²) in [5.41, 5.74) is 1.02. The van der Waals surface area contributed by atoms with Crippen LogP contribution in [-0.4, -0.2) is 40.9 Å². The molecule has 0 N–H and O–H groups in total. The Balaban J connectivity index is 1.82. The molecule has 122 valence electrons. The summed E-state index contributed by atoms with van der Waals surface area (Å²) in [5.74, 6) is 0.446. The van der Waals surface area contributed by atoms with Gasteiger partial charge in [0, 0.05) is 17.3 Å². The number of benzene rings is 1. The summed E-state index contributed by atoms with van der Waals surface area (Å²) in [6, 6.07) is 7.54. The second-order valence-electron chi connectivity index (χ2n) is 5.13. The van der Waals surface area contributed by atoms with Crippen molar-refractivity contribution in [1.29, 1.82) is 0 Å². The van der Waals surface area contributed by atoms with Crippen molar-refractivity contribution in [3.05, 3.63) is 44.8 Å². The molecule has 3 rings (SSSR count). The Labute approximate surface area is 148 Å². The van der Waals surface area contributed by atoms with Crippen LogP contribution in [0.5, 0.6) is 0 Å². The monoisotopic (exact) mass is 369 g/mol. The van der Waals surface area contributed by atoms with Gasteiger partial charge in [0.05, 0.1) is 16.9 Å². The van der Waals surface area contributed by atoms with Crippen molar-refractivity contribution >= 4 is 47.0 Å². The first-order valence-electron chi connectivity index (χ1n) is 7.37. The van der Waals surface area contributed by atoms with Crippen LogP contribution in [0.2, 0.25) is 5.02 Å². The molecular formula is C16H16ClNO3S2. The Bertz CT molecular complexity index is 677. The van der Waals surface area contributed by atoms with Crippen LogP contribution < -0.4 is 0 Å². The van der Waals surface area contributed by atoms with E-state index >= 15 is 0 Å². The zero-order valence-electron chi connectivity index (χ0n) is 12.6. The van der Waals surface area contributed by atoms with Crippen LogP contribution in [0.4, 0.5) is 0 Å². The predicted octanol–water partition coefficient (Wildman–Crippen LogP) is 3.31. The lowest BCUT2D eigenvalue weighted by atomic mass is 10.1. The van der Waals surface area contributed by atoms with Gasteiger partial charge in [-0.05, 0) is 31.0 Å². The molecule has 1 atom stereocenters. The molecule has 2 heterocycles. The molecular weight excluding hydrogens is 354 g/mol. The first-order valence-corrected chi connectivity index (χ1v) is 9.61. The number of hydrogen-bond acceptors (Lipinski definition) is 5. The van der Waals surface area contributed by atoms with Crippen LogP contribution in [0, 0.1) is 0 Å². The summed E-state index contributed by atoms with van der Waals surface area (Å²) in [4.78, 5) is 27.0. The number of hydrogen-bond donors (Lipinski definition) is 0. The fraction of sp³-hybridized carbons (Fsp3) is 0.375. The summed E-state index contributed by atoms with van der Waals surface area (Å²) >= 11 is 8.94. The Kier molecular flexibility index (Phi) is 5.24. The third kappa shape index (κ3) is 3.54. The molecule has 1 fully saturated rings. The lowest BCUT2D eigenvalue weighted by Gasteiger charge is -2.24. The van der Waals surface area contributed by atoms with Crippen LogP contribution in [0.3, 0.4) is 0 Å². The van der Waals surface area contributed by atoms with E-state index in [2.05, 4.69) is 0 Å². The number of rotatable bonds is 4. The van der Waals surface area contributed by atoms with Crippen LogP contribution >= 0.6 is 35.1 Å². The van der Waals surface area contributed by atoms with Gasteiger partial charge in [-0.2, -0.15) is 0 Å². The molecule has 23 heavy (non-hydrogen) atoms. The van der Waals surface area contributed by atoms with E-state index in [1.807, 2.05) is 24.3 Å². The molecule has 1 saturated heterocycles. The molecule has 7 heteroatoms. The second kappa shape index (κ2) is 7.20. The van der Waals surface area contributed by atoms with Crippen molar-refractivity contribution in [3.63, 3.8) is 0 Å². The molecule has 0 bridgehead atoms. The average Bonchev–Trinajstić information content (AvgIpc) is 2.84. The molecule has 1 aromatic carbocycles. The number of ether oxygens (including phenoxy) is 1. The highest BCUT2D eigenvalue weighted by Crippen LogP contribution is 2.44. The van der Waals surface area contributed by atoms with Gasteiger partial charge in [0.1, 0.15) is 4.91 Å². The Morgan fingerprint density at radius 2 is 2.30 bits per heavy atom. The van der Waals surface area contributed by atoms with Gasteiger partial charge >= 0.3 is 5.97 Å². The first kappa shape index (κ1) is 16.7. The van der Waals surface area contributed by atoms with Crippen LogP contribution in [0.1, 0.15) is 12.5 Å². The van der Waals surface area contributed by atoms with Gasteiger partial charge in [0.15, 0.2) is 0 Å². The summed E-state index contributed by atoms with van der Waals surface area (Å²) in [7, 11) is 0. The normalized spacial score (nSPS) is 20.7. The Morgan fingerprint density at radius 1 is 1.48 bits per heavy atom. The minimum atomic E-state index is -0.332. The van der Waals surface area contributed by atoms with Gasteiger partial charge in [0.25, 0.3) is 0 Å². The molecule has 2 aliphatic heterocycles. The smallest absolute Gasteiger partial charge is 0.347 e. The zero-order valence-corrected chi connectivity index (χ0v) is 15.0. The van der Waals surface area contributed by atoms with Gasteiger partial charge in [-0.1, -0.05) is 35.5 Å². The maximum atomic E-state index is 12.6. The number of halogens is 1. The maximum absolute atomic E-state index is 12.6. The third-order valence-electron chi connectivity index (χ3n) is 3.57. The van der Waals surface area contributed by atoms with Crippen molar-refractivity contribution in [2.45, 2.75) is 18.6 Å². The molecule has 1 unspecified atom stereocenters. The maximum Gasteiger partial charge on any atom is 0.347 e. The number of nitrogens with zero attached hydrogens (tertiary/aromatic N) is 1. The minimum absolute atomic E-state index is 0.0621. The number of thioether (sulfide) groups is 2. The highest BCUT2D eigenvalue weighted by atomic mass is 35.5. The average molecular weight is 370 g/mol. The van der Waals surface area contributed by atoms with Gasteiger partial charge in [-0.3, -0.25) is 4.79 Å². The van der Waals surface area contributed by atoms with E-state index in [1.165, 1.54) is 23.5 Å². The number of carbonyl (C=O) groups is 2. The SMILES string of the molecule is CCOC(=O)C1=C2SC(Cc3cccc(Cl)c3)C(=O)N2CCS1. The number of fused-ring (bicyclic) bond motifs is 1. The molecule has 1 amide bonds. The van der Waals surface area contributed by atoms with Crippen molar-refractivity contribution in [3.8, 4) is 0 Å². The van der Waals surface area contributed by atoms with Crippen LogP contribution in [0.15, 0.2) is 34.2 Å². The molecule has 2 aliphatic rings. The van der Waals surface area contributed by atoms with Gasteiger partial charge in [-0.25, -0.2) is 4.79 Å². The van der Waals surface area contributed by atoms with E-state index < -0.39 is 0 Å². The van der Waals surface area contributed by atoms with Crippen LogP contribution in [-0.2, 0) is 20.7 Å². The molecule has 0 radical (unpaired) electrons. The summed E-state index contributed by atoms with van der Waals surface area (Å²) in [6.07, 6.45) is 0.602. The predicted molar refractivity (Wildman–Crippen MR) is 94.4 cm³/mol. The van der Waals surface area contributed by atoms with Crippen molar-refractivity contribution in [2.75, 3.05) is 18.9 Å². The lowest BCUT2D eigenvalue weighted by Crippen LogP contribution is -2.34. The van der Waals surface area contributed by atoms with E-state index in [9.17, 15) is 9.59 Å². The number of carbonyl (C=O) groups excluding carboxylic acids is 2. The molecule has 0 aliphatic carbocycles. The van der Waals surface area contributed by atoms with E-state index in [-0.39, 0.29) is 17.1 Å². The third-order valence-corrected chi connectivity index (χ3v) is 6.27. The number of esters is 1. The molecule has 0 aromatic heterocycles. The molecule has 0 saturated carbocycles. The largest absolute Gasteiger partial charge is 0.462 e. The van der Waals surface area contributed by atoms with Crippen LogP contribution in [0.25, 0.3) is 0 Å². The van der Waals surface area contributed by atoms with Gasteiger partial charge in [-0.15, -0.1) is 11.8 Å². The minimum Gasteiger partial charge on any atom is -0.462 e. The molecule has 4 nitrogen and oxygen atoms in total. The quantitative estimate of drug-likeness (QED) is 0.762. The Morgan fingerprint density at radius 3 is 3.04 bits per heavy atom. The van der Waals surface area contributed by atoms with E-state index in [0.717, 1.165) is 10.6 Å². The fourth-order valence-electron chi connectivity index (χ4n) is 2.56. The summed E-state index contributed by atoms with van der Waals surface area (Å²) < 4.78 is 5.11. The highest BCUT2D eigenvalue weighted by Gasteiger charge is 2.41. The number of amides is 1. The van der Waals surface area contributed by atoms with Crippen molar-refractivity contribution in [1.82, 2.24) is 4.90 Å². The van der Waals surface area contributed by atoms with Gasteiger partial charge < -0.3 is 9.64 Å². The van der Waals surface area contributed by atoms with Gasteiger partial charge in [0.2, 0.25) is 5.91 Å². The van der Waals surface area contributed by atoms with Crippen molar-refractivity contribution < 1.29 is 14.3 Å². The van der Waals surface area contributed by atoms with E-state index in [0.29, 0.717) is 35.3 Å². The summed E-state index contributed by atoms with van der Waals surface area (Å²) in [6.45, 7) is 2.75. The first-order chi connectivity index (χ1) is 11.1. The molecule has 0 spiro atoms. The lowest BCUT2D eigenvalue weighted by molar-refractivity contribution is -0.137. The topological polar surface area (TPSA) is 46.6 Å². The van der Waals surface area contributed by atoms with Crippen molar-refractivity contribution in [2.24, 2.45) is 0 Å². The van der Waals surface area contributed by atoms with E-state index in [1.54, 1.807) is 11.8 Å². The fourth-order valence-corrected chi connectivity index (χ4v) is 5.26. The summed E-state index contributed by atoms with van der Waals surface area (Å²) in [5, 5.41) is 1.20. The van der Waals surface area contributed by atoms with E-state index in [4.69, 9.17) is 16.3 Å². The second-order valence-corrected chi connectivity index (χ2v) is 7.87. The standard InChI is InChI=1S/C16H16ClNO3S2/c1-2-21-16(20)13-15-18(6-7-22-13)14(19)12(23-15)9-10-4-3-5-11(17)8-10/h3-5,8,12H,2,6-7,9H2,1H3. The molecule has 1 aromatic rings. The Hall–Kier alpha value is -1.11. The highest BCUT2D eigenvalue weighted by molar-refractivity contribution is 8.08.